The predicted octanol–water partition coefficient (Wildman–Crippen LogP) is 1.60. The maximum Gasteiger partial charge on any atom is 0.225 e. The third-order valence-corrected chi connectivity index (χ3v) is 3.52. The minimum absolute atomic E-state index is 0.0612. The van der Waals surface area contributed by atoms with Crippen LogP contribution in [0.5, 0.6) is 0 Å². The molecule has 0 amide bonds. The summed E-state index contributed by atoms with van der Waals surface area (Å²) in [6.07, 6.45) is 5.71. The Bertz CT molecular complexity index is 428. The Labute approximate surface area is 114 Å². The first kappa shape index (κ1) is 13.8. The smallest absolute Gasteiger partial charge is 0.225 e. The van der Waals surface area contributed by atoms with Gasteiger partial charge in [-0.1, -0.05) is 13.3 Å². The number of rotatable bonds is 4. The zero-order valence-corrected chi connectivity index (χ0v) is 11.7. The Hall–Kier alpha value is -1.67. The van der Waals surface area contributed by atoms with Gasteiger partial charge in [-0.15, -0.1) is 0 Å². The molecule has 102 valence electrons. The van der Waals surface area contributed by atoms with E-state index < -0.39 is 0 Å². The summed E-state index contributed by atoms with van der Waals surface area (Å²) in [5.74, 6) is 0.800. The first-order chi connectivity index (χ1) is 9.24. The van der Waals surface area contributed by atoms with Crippen molar-refractivity contribution in [3.63, 3.8) is 0 Å². The third-order valence-electron chi connectivity index (χ3n) is 3.52. The zero-order chi connectivity index (χ0) is 13.7. The summed E-state index contributed by atoms with van der Waals surface area (Å²) in [5, 5.41) is 9.19. The molecule has 2 rings (SSSR count). The molecule has 0 aromatic carbocycles. The number of hydrogen-bond donors (Lipinski definition) is 0. The summed E-state index contributed by atoms with van der Waals surface area (Å²) in [7, 11) is 0. The fraction of sp³-hybridized carbons (Fsp3) is 0.643. The molecule has 1 aliphatic rings. The van der Waals surface area contributed by atoms with Crippen molar-refractivity contribution < 1.29 is 0 Å². The molecule has 0 N–H and O–H groups in total. The minimum Gasteiger partial charge on any atom is -0.338 e. The molecule has 1 saturated heterocycles. The molecule has 1 aromatic heterocycles. The fourth-order valence-corrected chi connectivity index (χ4v) is 2.38. The van der Waals surface area contributed by atoms with Gasteiger partial charge in [-0.2, -0.15) is 5.26 Å². The van der Waals surface area contributed by atoms with Crippen LogP contribution in [0.2, 0.25) is 0 Å². The summed E-state index contributed by atoms with van der Waals surface area (Å²) >= 11 is 0. The number of nitriles is 1. The molecule has 0 saturated carbocycles. The highest BCUT2D eigenvalue weighted by Crippen LogP contribution is 2.14. The highest BCUT2D eigenvalue weighted by Gasteiger charge is 2.24. The Balaban J connectivity index is 1.92. The molecule has 0 bridgehead atoms. The highest BCUT2D eigenvalue weighted by molar-refractivity contribution is 5.30. The lowest BCUT2D eigenvalue weighted by Gasteiger charge is -2.36. The fourth-order valence-electron chi connectivity index (χ4n) is 2.38. The van der Waals surface area contributed by atoms with Crippen molar-refractivity contribution in [1.82, 2.24) is 14.9 Å². The lowest BCUT2D eigenvalue weighted by molar-refractivity contribution is 0.210. The van der Waals surface area contributed by atoms with Gasteiger partial charge in [0.05, 0.1) is 12.1 Å². The van der Waals surface area contributed by atoms with Crippen molar-refractivity contribution in [2.75, 3.05) is 31.1 Å². The lowest BCUT2D eigenvalue weighted by Crippen LogP contribution is -2.50. The van der Waals surface area contributed by atoms with Gasteiger partial charge in [-0.05, 0) is 18.9 Å². The second-order valence-corrected chi connectivity index (χ2v) is 5.02. The maximum atomic E-state index is 9.19. The third kappa shape index (κ3) is 3.42. The van der Waals surface area contributed by atoms with Crippen molar-refractivity contribution >= 4 is 5.95 Å². The SMILES string of the molecule is CCCC(C#N)N1CCN(c2ncc(C)cn2)CC1. The molecule has 1 unspecified atom stereocenters. The average Bonchev–Trinajstić information content (AvgIpc) is 2.46. The molecular weight excluding hydrogens is 238 g/mol. The van der Waals surface area contributed by atoms with Crippen molar-refractivity contribution in [1.29, 1.82) is 5.26 Å². The van der Waals surface area contributed by atoms with Crippen molar-refractivity contribution in [2.24, 2.45) is 0 Å². The van der Waals surface area contributed by atoms with Gasteiger partial charge in [-0.3, -0.25) is 4.90 Å². The van der Waals surface area contributed by atoms with Crippen LogP contribution >= 0.6 is 0 Å². The second kappa shape index (κ2) is 6.48. The number of piperazine rings is 1. The monoisotopic (exact) mass is 259 g/mol. The van der Waals surface area contributed by atoms with Gasteiger partial charge in [0.1, 0.15) is 0 Å². The summed E-state index contributed by atoms with van der Waals surface area (Å²) in [5.41, 5.74) is 1.08. The van der Waals surface area contributed by atoms with Crippen LogP contribution < -0.4 is 4.90 Å². The molecule has 0 aliphatic carbocycles. The molecule has 2 heterocycles. The van der Waals surface area contributed by atoms with Crippen LogP contribution in [0.15, 0.2) is 12.4 Å². The lowest BCUT2D eigenvalue weighted by atomic mass is 10.1. The van der Waals surface area contributed by atoms with E-state index in [1.54, 1.807) is 0 Å². The first-order valence-electron chi connectivity index (χ1n) is 6.92. The van der Waals surface area contributed by atoms with Crippen LogP contribution in [0.25, 0.3) is 0 Å². The number of hydrogen-bond acceptors (Lipinski definition) is 5. The molecular formula is C14H21N5. The van der Waals surface area contributed by atoms with Gasteiger partial charge < -0.3 is 4.90 Å². The molecule has 0 radical (unpaired) electrons. The van der Waals surface area contributed by atoms with Crippen LogP contribution in [0.3, 0.4) is 0 Å². The molecule has 5 heteroatoms. The Morgan fingerprint density at radius 3 is 2.42 bits per heavy atom. The van der Waals surface area contributed by atoms with Crippen LogP contribution in [-0.4, -0.2) is 47.1 Å². The maximum absolute atomic E-state index is 9.19. The van der Waals surface area contributed by atoms with Crippen LogP contribution in [0.1, 0.15) is 25.3 Å². The Morgan fingerprint density at radius 1 is 1.26 bits per heavy atom. The quantitative estimate of drug-likeness (QED) is 0.822. The first-order valence-corrected chi connectivity index (χ1v) is 6.92. The molecule has 1 atom stereocenters. The number of aromatic nitrogens is 2. The van der Waals surface area contributed by atoms with Crippen LogP contribution in [-0.2, 0) is 0 Å². The standard InChI is InChI=1S/C14H21N5/c1-3-4-13(9-15)18-5-7-19(8-6-18)14-16-10-12(2)11-17-14/h10-11,13H,3-8H2,1-2H3. The van der Waals surface area contributed by atoms with E-state index in [0.717, 1.165) is 50.5 Å². The Kier molecular flexibility index (Phi) is 4.69. The number of nitrogens with zero attached hydrogens (tertiary/aromatic N) is 5. The summed E-state index contributed by atoms with van der Waals surface area (Å²) < 4.78 is 0. The van der Waals surface area contributed by atoms with E-state index in [9.17, 15) is 5.26 Å². The summed E-state index contributed by atoms with van der Waals surface area (Å²) in [4.78, 5) is 13.2. The van der Waals surface area contributed by atoms with E-state index >= 15 is 0 Å². The molecule has 0 spiro atoms. The van der Waals surface area contributed by atoms with Gasteiger partial charge in [-0.25, -0.2) is 9.97 Å². The average molecular weight is 259 g/mol. The number of aryl methyl sites for hydroxylation is 1. The van der Waals surface area contributed by atoms with Crippen molar-refractivity contribution in [3.8, 4) is 6.07 Å². The highest BCUT2D eigenvalue weighted by atomic mass is 15.3. The Morgan fingerprint density at radius 2 is 1.89 bits per heavy atom. The summed E-state index contributed by atoms with van der Waals surface area (Å²) in [6.45, 7) is 7.73. The van der Waals surface area contributed by atoms with E-state index in [1.165, 1.54) is 0 Å². The summed E-state index contributed by atoms with van der Waals surface area (Å²) in [6, 6.07) is 2.47. The van der Waals surface area contributed by atoms with Crippen LogP contribution in [0, 0.1) is 18.3 Å². The minimum atomic E-state index is 0.0612. The van der Waals surface area contributed by atoms with Gasteiger partial charge in [0.25, 0.3) is 0 Å². The largest absolute Gasteiger partial charge is 0.338 e. The molecule has 5 nitrogen and oxygen atoms in total. The second-order valence-electron chi connectivity index (χ2n) is 5.02. The zero-order valence-electron chi connectivity index (χ0n) is 11.7. The van der Waals surface area contributed by atoms with E-state index in [1.807, 2.05) is 19.3 Å². The molecule has 1 aromatic rings. The predicted molar refractivity (Wildman–Crippen MR) is 74.9 cm³/mol. The molecule has 1 aliphatic heterocycles. The van der Waals surface area contributed by atoms with Crippen molar-refractivity contribution in [3.05, 3.63) is 18.0 Å². The normalized spacial score (nSPS) is 18.1. The topological polar surface area (TPSA) is 56.1 Å². The van der Waals surface area contributed by atoms with E-state index in [4.69, 9.17) is 0 Å². The molecule has 1 fully saturated rings. The van der Waals surface area contributed by atoms with Crippen LogP contribution in [0.4, 0.5) is 5.95 Å². The van der Waals surface area contributed by atoms with Gasteiger partial charge >= 0.3 is 0 Å². The van der Waals surface area contributed by atoms with E-state index in [-0.39, 0.29) is 6.04 Å². The number of anilines is 1. The van der Waals surface area contributed by atoms with E-state index in [0.29, 0.717) is 0 Å². The van der Waals surface area contributed by atoms with Gasteiger partial charge in [0.2, 0.25) is 5.95 Å². The van der Waals surface area contributed by atoms with Gasteiger partial charge in [0.15, 0.2) is 0 Å². The van der Waals surface area contributed by atoms with E-state index in [2.05, 4.69) is 32.8 Å². The van der Waals surface area contributed by atoms with Crippen molar-refractivity contribution in [2.45, 2.75) is 32.7 Å². The molecule has 19 heavy (non-hydrogen) atoms. The van der Waals surface area contributed by atoms with Gasteiger partial charge in [0, 0.05) is 38.6 Å².